The van der Waals surface area contributed by atoms with E-state index in [4.69, 9.17) is 4.74 Å². The Hall–Kier alpha value is -1.60. The lowest BCUT2D eigenvalue weighted by Crippen LogP contribution is -2.45. The van der Waals surface area contributed by atoms with Crippen molar-refractivity contribution in [1.82, 2.24) is 9.97 Å². The van der Waals surface area contributed by atoms with Crippen LogP contribution < -0.4 is 4.90 Å². The van der Waals surface area contributed by atoms with Gasteiger partial charge in [0.15, 0.2) is 0 Å². The second kappa shape index (κ2) is 6.37. The van der Waals surface area contributed by atoms with Crippen LogP contribution >= 0.6 is 22.6 Å². The molecule has 5 heteroatoms. The minimum Gasteiger partial charge on any atom is -0.372 e. The molecule has 0 bridgehead atoms. The highest BCUT2D eigenvalue weighted by atomic mass is 127. The molecule has 4 nitrogen and oxygen atoms in total. The van der Waals surface area contributed by atoms with Crippen molar-refractivity contribution in [2.24, 2.45) is 0 Å². The number of hydrogen-bond donors (Lipinski definition) is 1. The first-order valence-corrected chi connectivity index (χ1v) is 9.31. The Balaban J connectivity index is 1.61. The van der Waals surface area contributed by atoms with Gasteiger partial charge in [0.05, 0.1) is 12.2 Å². The number of anilines is 1. The number of morpholine rings is 1. The second-order valence-electron chi connectivity index (χ2n) is 6.47. The Morgan fingerprint density at radius 1 is 1.12 bits per heavy atom. The molecule has 1 aromatic carbocycles. The van der Waals surface area contributed by atoms with E-state index in [-0.39, 0.29) is 12.2 Å². The van der Waals surface area contributed by atoms with Gasteiger partial charge in [-0.2, -0.15) is 0 Å². The predicted octanol–water partition coefficient (Wildman–Crippen LogP) is 4.45. The molecule has 0 amide bonds. The molecule has 3 aromatic rings. The summed E-state index contributed by atoms with van der Waals surface area (Å²) in [5.74, 6) is 0. The van der Waals surface area contributed by atoms with Gasteiger partial charge >= 0.3 is 0 Å². The third-order valence-electron chi connectivity index (χ3n) is 4.47. The molecule has 3 heterocycles. The molecule has 2 aromatic heterocycles. The lowest BCUT2D eigenvalue weighted by Gasteiger charge is -2.36. The van der Waals surface area contributed by atoms with Gasteiger partial charge in [0, 0.05) is 45.7 Å². The number of aromatic nitrogens is 2. The highest BCUT2D eigenvalue weighted by Crippen LogP contribution is 2.28. The van der Waals surface area contributed by atoms with Gasteiger partial charge in [0.1, 0.15) is 5.65 Å². The van der Waals surface area contributed by atoms with E-state index in [1.807, 2.05) is 12.4 Å². The van der Waals surface area contributed by atoms with Crippen LogP contribution in [0.1, 0.15) is 13.8 Å². The van der Waals surface area contributed by atoms with Crippen LogP contribution in [0, 0.1) is 3.57 Å². The molecule has 0 saturated carbocycles. The van der Waals surface area contributed by atoms with E-state index >= 15 is 0 Å². The summed E-state index contributed by atoms with van der Waals surface area (Å²) < 4.78 is 7.02. The number of hydrogen-bond acceptors (Lipinski definition) is 3. The zero-order valence-electron chi connectivity index (χ0n) is 13.8. The van der Waals surface area contributed by atoms with E-state index in [1.165, 1.54) is 20.2 Å². The summed E-state index contributed by atoms with van der Waals surface area (Å²) in [6, 6.07) is 11.0. The van der Waals surface area contributed by atoms with Crippen LogP contribution in [0.3, 0.4) is 0 Å². The molecule has 2 atom stereocenters. The number of benzene rings is 1. The summed E-state index contributed by atoms with van der Waals surface area (Å²) >= 11 is 2.34. The van der Waals surface area contributed by atoms with Crippen LogP contribution in [-0.2, 0) is 4.74 Å². The normalized spacial score (nSPS) is 21.4. The Kier molecular flexibility index (Phi) is 4.22. The average Bonchev–Trinajstić information content (AvgIpc) is 2.95. The molecular weight excluding hydrogens is 413 g/mol. The predicted molar refractivity (Wildman–Crippen MR) is 106 cm³/mol. The highest BCUT2D eigenvalue weighted by molar-refractivity contribution is 14.1. The topological polar surface area (TPSA) is 41.2 Å². The summed E-state index contributed by atoms with van der Waals surface area (Å²) in [4.78, 5) is 10.1. The van der Waals surface area contributed by atoms with Crippen molar-refractivity contribution in [2.45, 2.75) is 26.1 Å². The van der Waals surface area contributed by atoms with Crippen molar-refractivity contribution in [3.63, 3.8) is 0 Å². The van der Waals surface area contributed by atoms with E-state index in [1.54, 1.807) is 0 Å². The number of pyridine rings is 1. The third-order valence-corrected chi connectivity index (χ3v) is 5.36. The van der Waals surface area contributed by atoms with Crippen molar-refractivity contribution in [2.75, 3.05) is 18.0 Å². The molecule has 1 aliphatic heterocycles. The lowest BCUT2D eigenvalue weighted by atomic mass is 10.1. The first-order chi connectivity index (χ1) is 11.6. The standard InChI is InChI=1S/C19H20IN3O/c1-12-10-23(11-13(2)24-12)16-5-3-14(4-6-16)15-7-17-18(20)9-22-19(17)21-8-15/h3-9,12-13H,10-11H2,1-2H3,(H,21,22)/t12-,13+. The average molecular weight is 433 g/mol. The van der Waals surface area contributed by atoms with Crippen LogP contribution in [0.15, 0.2) is 42.7 Å². The number of rotatable bonds is 2. The number of H-pyrrole nitrogens is 1. The SMILES string of the molecule is C[C@@H]1CN(c2ccc(-c3cnc4[nH]cc(I)c4c3)cc2)C[C@H](C)O1. The molecule has 4 rings (SSSR count). The van der Waals surface area contributed by atoms with Gasteiger partial charge < -0.3 is 14.6 Å². The van der Waals surface area contributed by atoms with Crippen LogP contribution in [0.5, 0.6) is 0 Å². The van der Waals surface area contributed by atoms with Gasteiger partial charge in [-0.1, -0.05) is 12.1 Å². The quantitative estimate of drug-likeness (QED) is 0.608. The molecule has 24 heavy (non-hydrogen) atoms. The third kappa shape index (κ3) is 3.02. The molecule has 0 radical (unpaired) electrons. The largest absolute Gasteiger partial charge is 0.372 e. The van der Waals surface area contributed by atoms with Crippen molar-refractivity contribution in [3.8, 4) is 11.1 Å². The first kappa shape index (κ1) is 15.9. The summed E-state index contributed by atoms with van der Waals surface area (Å²) in [5, 5.41) is 1.17. The Bertz CT molecular complexity index is 849. The minimum absolute atomic E-state index is 0.274. The minimum atomic E-state index is 0.274. The summed E-state index contributed by atoms with van der Waals surface area (Å²) in [7, 11) is 0. The fourth-order valence-corrected chi connectivity index (χ4v) is 3.95. The molecule has 1 N–H and O–H groups in total. The Morgan fingerprint density at radius 3 is 2.54 bits per heavy atom. The highest BCUT2D eigenvalue weighted by Gasteiger charge is 2.22. The maximum atomic E-state index is 5.82. The van der Waals surface area contributed by atoms with Crippen molar-refractivity contribution >= 4 is 39.3 Å². The van der Waals surface area contributed by atoms with Gasteiger partial charge in [0.25, 0.3) is 0 Å². The molecule has 1 saturated heterocycles. The summed E-state index contributed by atoms with van der Waals surface area (Å²) in [6.45, 7) is 6.16. The number of fused-ring (bicyclic) bond motifs is 1. The zero-order valence-corrected chi connectivity index (χ0v) is 15.9. The van der Waals surface area contributed by atoms with Crippen LogP contribution in [-0.4, -0.2) is 35.3 Å². The number of halogens is 1. The van der Waals surface area contributed by atoms with E-state index in [0.29, 0.717) is 0 Å². The van der Waals surface area contributed by atoms with Crippen molar-refractivity contribution in [1.29, 1.82) is 0 Å². The van der Waals surface area contributed by atoms with Crippen LogP contribution in [0.25, 0.3) is 22.2 Å². The molecule has 1 aliphatic rings. The lowest BCUT2D eigenvalue weighted by molar-refractivity contribution is -0.00521. The zero-order chi connectivity index (χ0) is 16.7. The van der Waals surface area contributed by atoms with E-state index in [9.17, 15) is 0 Å². The molecule has 0 aliphatic carbocycles. The Labute approximate surface area is 155 Å². The van der Waals surface area contributed by atoms with Crippen molar-refractivity contribution in [3.05, 3.63) is 46.3 Å². The number of ether oxygens (including phenoxy) is 1. The van der Waals surface area contributed by atoms with Gasteiger partial charge in [-0.3, -0.25) is 0 Å². The maximum absolute atomic E-state index is 5.82. The number of aromatic amines is 1. The van der Waals surface area contributed by atoms with E-state index in [0.717, 1.165) is 24.3 Å². The van der Waals surface area contributed by atoms with Gasteiger partial charge in [-0.15, -0.1) is 0 Å². The molecule has 0 unspecified atom stereocenters. The molecular formula is C19H20IN3O. The Morgan fingerprint density at radius 2 is 1.83 bits per heavy atom. The molecule has 1 fully saturated rings. The molecule has 124 valence electrons. The summed E-state index contributed by atoms with van der Waals surface area (Å²) in [6.07, 6.45) is 4.47. The maximum Gasteiger partial charge on any atom is 0.138 e. The van der Waals surface area contributed by atoms with Crippen LogP contribution in [0.2, 0.25) is 0 Å². The number of nitrogens with zero attached hydrogens (tertiary/aromatic N) is 2. The second-order valence-corrected chi connectivity index (χ2v) is 7.63. The van der Waals surface area contributed by atoms with E-state index < -0.39 is 0 Å². The van der Waals surface area contributed by atoms with Crippen molar-refractivity contribution < 1.29 is 4.74 Å². The van der Waals surface area contributed by atoms with Crippen LogP contribution in [0.4, 0.5) is 5.69 Å². The summed E-state index contributed by atoms with van der Waals surface area (Å²) in [5.41, 5.74) is 4.54. The number of nitrogens with one attached hydrogen (secondary N) is 1. The monoisotopic (exact) mass is 433 g/mol. The molecule has 0 spiro atoms. The smallest absolute Gasteiger partial charge is 0.138 e. The fraction of sp³-hybridized carbons (Fsp3) is 0.316. The van der Waals surface area contributed by atoms with Gasteiger partial charge in [-0.05, 0) is 60.2 Å². The first-order valence-electron chi connectivity index (χ1n) is 8.23. The van der Waals surface area contributed by atoms with Gasteiger partial charge in [0.2, 0.25) is 0 Å². The van der Waals surface area contributed by atoms with E-state index in [2.05, 4.69) is 81.6 Å². The fourth-order valence-electron chi connectivity index (χ4n) is 3.38. The van der Waals surface area contributed by atoms with Gasteiger partial charge in [-0.25, -0.2) is 4.98 Å².